The molecule has 4 rings (SSSR count). The summed E-state index contributed by atoms with van der Waals surface area (Å²) in [5.41, 5.74) is -1.73. The van der Waals surface area contributed by atoms with Crippen LogP contribution in [-0.2, 0) is 12.6 Å². The molecule has 1 aliphatic rings. The van der Waals surface area contributed by atoms with Crippen molar-refractivity contribution in [2.24, 2.45) is 0 Å². The van der Waals surface area contributed by atoms with Crippen molar-refractivity contribution in [3.05, 3.63) is 81.3 Å². The first-order chi connectivity index (χ1) is 15.1. The lowest BCUT2D eigenvalue weighted by atomic mass is 9.94. The van der Waals surface area contributed by atoms with Crippen LogP contribution in [0.2, 0.25) is 5.02 Å². The first-order valence-electron chi connectivity index (χ1n) is 9.51. The molecule has 0 bridgehead atoms. The minimum Gasteiger partial charge on any atom is -0.478 e. The Morgan fingerprint density at radius 3 is 2.56 bits per heavy atom. The van der Waals surface area contributed by atoms with Crippen molar-refractivity contribution in [1.82, 2.24) is 4.57 Å². The van der Waals surface area contributed by atoms with Crippen molar-refractivity contribution in [3.8, 4) is 5.69 Å². The van der Waals surface area contributed by atoms with Crippen LogP contribution in [0.15, 0.2) is 42.6 Å². The van der Waals surface area contributed by atoms with E-state index in [1.807, 2.05) is 0 Å². The van der Waals surface area contributed by atoms with Crippen LogP contribution in [0.1, 0.15) is 43.8 Å². The van der Waals surface area contributed by atoms with Gasteiger partial charge in [0.2, 0.25) is 0 Å². The third-order valence-electron chi connectivity index (χ3n) is 5.25. The second-order valence-corrected chi connectivity index (χ2v) is 7.64. The number of halogens is 5. The Bertz CT molecular complexity index is 1250. The number of rotatable bonds is 4. The van der Waals surface area contributed by atoms with Crippen LogP contribution in [0, 0.1) is 5.82 Å². The molecule has 0 saturated heterocycles. The van der Waals surface area contributed by atoms with E-state index in [4.69, 9.17) is 16.7 Å². The van der Waals surface area contributed by atoms with Gasteiger partial charge in [-0.1, -0.05) is 17.7 Å². The average molecular weight is 467 g/mol. The fourth-order valence-corrected chi connectivity index (χ4v) is 4.07. The van der Waals surface area contributed by atoms with Crippen molar-refractivity contribution >= 4 is 29.2 Å². The lowest BCUT2D eigenvalue weighted by molar-refractivity contribution is -0.137. The zero-order chi connectivity index (χ0) is 23.2. The third kappa shape index (κ3) is 3.73. The van der Waals surface area contributed by atoms with Gasteiger partial charge in [-0.15, -0.1) is 0 Å². The number of ketones is 1. The summed E-state index contributed by atoms with van der Waals surface area (Å²) >= 11 is 6.00. The van der Waals surface area contributed by atoms with Crippen LogP contribution >= 0.6 is 11.6 Å². The van der Waals surface area contributed by atoms with Crippen molar-refractivity contribution in [2.45, 2.75) is 19.0 Å². The molecule has 1 aliphatic heterocycles. The highest BCUT2D eigenvalue weighted by Crippen LogP contribution is 2.39. The average Bonchev–Trinajstić information content (AvgIpc) is 3.12. The lowest BCUT2D eigenvalue weighted by Crippen LogP contribution is -2.17. The molecule has 166 valence electrons. The van der Waals surface area contributed by atoms with Crippen molar-refractivity contribution in [1.29, 1.82) is 0 Å². The van der Waals surface area contributed by atoms with Gasteiger partial charge in [0.1, 0.15) is 11.6 Å². The first kappa shape index (κ1) is 21.9. The molecule has 0 saturated carbocycles. The molecule has 10 heteroatoms. The zero-order valence-electron chi connectivity index (χ0n) is 16.3. The number of carboxylic acids is 1. The number of aromatic nitrogens is 1. The molecule has 0 aliphatic carbocycles. The quantitative estimate of drug-likeness (QED) is 0.389. The van der Waals surface area contributed by atoms with E-state index >= 15 is 0 Å². The van der Waals surface area contributed by atoms with E-state index in [2.05, 4.69) is 5.32 Å². The minimum absolute atomic E-state index is 0.0347. The van der Waals surface area contributed by atoms with E-state index < -0.39 is 34.9 Å². The molecule has 0 atom stereocenters. The molecule has 5 nitrogen and oxygen atoms in total. The van der Waals surface area contributed by atoms with Crippen LogP contribution in [0.25, 0.3) is 5.69 Å². The number of nitrogens with one attached hydrogen (secondary N) is 1. The summed E-state index contributed by atoms with van der Waals surface area (Å²) in [4.78, 5) is 24.4. The summed E-state index contributed by atoms with van der Waals surface area (Å²) < 4.78 is 56.7. The van der Waals surface area contributed by atoms with Gasteiger partial charge in [-0.05, 0) is 43.2 Å². The number of carbonyl (C=O) groups is 2. The van der Waals surface area contributed by atoms with Crippen LogP contribution in [0.5, 0.6) is 0 Å². The molecular weight excluding hydrogens is 452 g/mol. The second kappa shape index (κ2) is 7.98. The minimum atomic E-state index is -4.80. The van der Waals surface area contributed by atoms with Crippen LogP contribution in [-0.4, -0.2) is 28.0 Å². The van der Waals surface area contributed by atoms with Crippen molar-refractivity contribution < 1.29 is 32.3 Å². The van der Waals surface area contributed by atoms with E-state index in [-0.39, 0.29) is 21.8 Å². The number of benzene rings is 2. The normalized spacial score (nSPS) is 13.4. The molecule has 1 aromatic heterocycles. The Labute approximate surface area is 184 Å². The highest BCUT2D eigenvalue weighted by atomic mass is 35.5. The fourth-order valence-electron chi connectivity index (χ4n) is 3.81. The predicted molar refractivity (Wildman–Crippen MR) is 109 cm³/mol. The number of aromatic carboxylic acids is 1. The Morgan fingerprint density at radius 2 is 1.91 bits per heavy atom. The number of carboxylic acid groups (broad SMARTS) is 1. The first-order valence-corrected chi connectivity index (χ1v) is 9.89. The van der Waals surface area contributed by atoms with E-state index in [0.717, 1.165) is 18.2 Å². The monoisotopic (exact) mass is 466 g/mol. The zero-order valence-corrected chi connectivity index (χ0v) is 17.0. The highest BCUT2D eigenvalue weighted by molar-refractivity contribution is 6.35. The summed E-state index contributed by atoms with van der Waals surface area (Å²) in [7, 11) is 0. The number of hydrogen-bond acceptors (Lipinski definition) is 3. The molecule has 0 radical (unpaired) electrons. The van der Waals surface area contributed by atoms with Gasteiger partial charge in [-0.3, -0.25) is 9.36 Å². The number of carbonyl (C=O) groups excluding carboxylic acids is 1. The maximum Gasteiger partial charge on any atom is 0.417 e. The SMILES string of the molecule is O=C(O)c1ccc(-n2cc(C(=O)c3c(Cl)cccc3C(F)(F)F)c3c2NCCC3)c(F)c1. The summed E-state index contributed by atoms with van der Waals surface area (Å²) in [5, 5.41) is 11.8. The largest absolute Gasteiger partial charge is 0.478 e. The standard InChI is InChI=1S/C22H15ClF4N2O3/c23-15-5-1-4-14(22(25,26)27)18(15)19(30)13-10-29(20-12(13)3-2-8-28-20)17-7-6-11(21(31)32)9-16(17)24/h1,4-7,9-10,28H,2-3,8H2,(H,31,32). The van der Waals surface area contributed by atoms with Gasteiger partial charge in [-0.2, -0.15) is 13.2 Å². The Kier molecular flexibility index (Phi) is 5.46. The van der Waals surface area contributed by atoms with E-state index in [1.165, 1.54) is 29.0 Å². The van der Waals surface area contributed by atoms with Crippen LogP contribution in [0.4, 0.5) is 23.4 Å². The number of alkyl halides is 3. The van der Waals surface area contributed by atoms with Crippen molar-refractivity contribution in [3.63, 3.8) is 0 Å². The molecule has 0 unspecified atom stereocenters. The van der Waals surface area contributed by atoms with Crippen LogP contribution < -0.4 is 5.32 Å². The number of hydrogen-bond donors (Lipinski definition) is 2. The Balaban J connectivity index is 1.90. The molecule has 2 heterocycles. The summed E-state index contributed by atoms with van der Waals surface area (Å²) in [6.07, 6.45) is -2.54. The molecule has 0 spiro atoms. The smallest absolute Gasteiger partial charge is 0.417 e. The molecule has 0 amide bonds. The van der Waals surface area contributed by atoms with Gasteiger partial charge >= 0.3 is 12.1 Å². The maximum absolute atomic E-state index is 14.7. The van der Waals surface area contributed by atoms with Gasteiger partial charge in [0.15, 0.2) is 5.78 Å². The summed E-state index contributed by atoms with van der Waals surface area (Å²) in [5.74, 6) is -2.73. The fraction of sp³-hybridized carbons (Fsp3) is 0.182. The summed E-state index contributed by atoms with van der Waals surface area (Å²) in [6.45, 7) is 0.513. The van der Waals surface area contributed by atoms with E-state index in [0.29, 0.717) is 30.8 Å². The lowest BCUT2D eigenvalue weighted by Gasteiger charge is -2.19. The molecule has 32 heavy (non-hydrogen) atoms. The topological polar surface area (TPSA) is 71.3 Å². The Hall–Kier alpha value is -3.33. The number of nitrogens with zero attached hydrogens (tertiary/aromatic N) is 1. The van der Waals surface area contributed by atoms with Gasteiger partial charge < -0.3 is 10.4 Å². The molecule has 2 aromatic carbocycles. The number of anilines is 1. The molecule has 3 aromatic rings. The maximum atomic E-state index is 14.7. The predicted octanol–water partition coefficient (Wildman–Crippen LogP) is 5.58. The highest BCUT2D eigenvalue weighted by Gasteiger charge is 2.37. The molecular formula is C22H15ClF4N2O3. The number of fused-ring (bicyclic) bond motifs is 1. The van der Waals surface area contributed by atoms with Crippen LogP contribution in [0.3, 0.4) is 0 Å². The molecule has 0 fully saturated rings. The van der Waals surface area contributed by atoms with Gasteiger partial charge in [0, 0.05) is 23.9 Å². The van der Waals surface area contributed by atoms with Gasteiger partial charge in [0.25, 0.3) is 0 Å². The van der Waals surface area contributed by atoms with Gasteiger partial charge in [-0.25, -0.2) is 9.18 Å². The van der Waals surface area contributed by atoms with E-state index in [9.17, 15) is 27.2 Å². The van der Waals surface area contributed by atoms with Gasteiger partial charge in [0.05, 0.1) is 27.4 Å². The summed E-state index contributed by atoms with van der Waals surface area (Å²) in [6, 6.07) is 6.38. The third-order valence-corrected chi connectivity index (χ3v) is 5.57. The van der Waals surface area contributed by atoms with E-state index in [1.54, 1.807) is 0 Å². The van der Waals surface area contributed by atoms with Crippen molar-refractivity contribution in [2.75, 3.05) is 11.9 Å². The molecule has 2 N–H and O–H groups in total. The second-order valence-electron chi connectivity index (χ2n) is 7.23. The Morgan fingerprint density at radius 1 is 1.16 bits per heavy atom.